The van der Waals surface area contributed by atoms with E-state index in [2.05, 4.69) is 11.8 Å². The Morgan fingerprint density at radius 2 is 2.18 bits per heavy atom. The second-order valence-corrected chi connectivity index (χ2v) is 5.04. The largest absolute Gasteiger partial charge is 0.366 e. The number of nitrogens with two attached hydrogens (primary N) is 1. The molecule has 1 aliphatic rings. The first-order valence-corrected chi connectivity index (χ1v) is 6.41. The third-order valence-electron chi connectivity index (χ3n) is 3.61. The van der Waals surface area contributed by atoms with Crippen molar-refractivity contribution in [3.05, 3.63) is 29.6 Å². The minimum absolute atomic E-state index is 0.114. The number of benzene rings is 1. The Hall–Kier alpha value is -1.09. The fraction of sp³-hybridized carbons (Fsp3) is 0.571. The molecule has 1 unspecified atom stereocenters. The Morgan fingerprint density at radius 3 is 2.76 bits per heavy atom. The number of piperidine rings is 1. The lowest BCUT2D eigenvalue weighted by Crippen LogP contribution is -2.38. The van der Waals surface area contributed by atoms with Gasteiger partial charge in [0.25, 0.3) is 0 Å². The van der Waals surface area contributed by atoms with Crippen LogP contribution in [0.5, 0.6) is 0 Å². The number of hydrogen-bond acceptors (Lipinski definition) is 2. The van der Waals surface area contributed by atoms with Gasteiger partial charge in [-0.15, -0.1) is 0 Å². The van der Waals surface area contributed by atoms with Crippen molar-refractivity contribution in [3.8, 4) is 0 Å². The van der Waals surface area contributed by atoms with Crippen LogP contribution >= 0.6 is 0 Å². The molecule has 2 N–H and O–H groups in total. The van der Waals surface area contributed by atoms with E-state index in [0.717, 1.165) is 30.6 Å². The molecular formula is C14H21FN2. The van der Waals surface area contributed by atoms with E-state index < -0.39 is 0 Å². The maximum absolute atomic E-state index is 14.1. The van der Waals surface area contributed by atoms with E-state index in [9.17, 15) is 4.39 Å². The zero-order chi connectivity index (χ0) is 12.4. The van der Waals surface area contributed by atoms with Gasteiger partial charge in [0.1, 0.15) is 5.82 Å². The summed E-state index contributed by atoms with van der Waals surface area (Å²) < 4.78 is 14.1. The van der Waals surface area contributed by atoms with Crippen molar-refractivity contribution in [1.29, 1.82) is 0 Å². The van der Waals surface area contributed by atoms with Gasteiger partial charge in [-0.25, -0.2) is 4.39 Å². The molecule has 0 aromatic heterocycles. The van der Waals surface area contributed by atoms with Crippen LogP contribution in [-0.2, 0) is 0 Å². The fourth-order valence-corrected chi connectivity index (χ4v) is 2.50. The number of halogens is 1. The zero-order valence-corrected chi connectivity index (χ0v) is 10.6. The molecule has 2 nitrogen and oxygen atoms in total. The van der Waals surface area contributed by atoms with Crippen LogP contribution in [0.4, 0.5) is 10.1 Å². The fourth-order valence-electron chi connectivity index (χ4n) is 2.50. The Morgan fingerprint density at radius 1 is 1.41 bits per heavy atom. The molecule has 0 spiro atoms. The second-order valence-electron chi connectivity index (χ2n) is 5.04. The lowest BCUT2D eigenvalue weighted by Gasteiger charge is -2.35. The van der Waals surface area contributed by atoms with E-state index in [1.165, 1.54) is 6.42 Å². The van der Waals surface area contributed by atoms with Crippen LogP contribution in [0.2, 0.25) is 0 Å². The van der Waals surface area contributed by atoms with Gasteiger partial charge < -0.3 is 10.6 Å². The molecule has 0 saturated carbocycles. The summed E-state index contributed by atoms with van der Waals surface area (Å²) in [4.78, 5) is 2.17. The van der Waals surface area contributed by atoms with Crippen LogP contribution in [0.1, 0.15) is 44.7 Å². The maximum Gasteiger partial charge on any atom is 0.146 e. The molecule has 2 rings (SSSR count). The molecule has 1 aliphatic heterocycles. The summed E-state index contributed by atoms with van der Waals surface area (Å²) in [6.07, 6.45) is 3.55. The average Bonchev–Trinajstić information content (AvgIpc) is 2.30. The molecule has 1 aromatic rings. The van der Waals surface area contributed by atoms with Gasteiger partial charge in [-0.2, -0.15) is 0 Å². The summed E-state index contributed by atoms with van der Waals surface area (Å²) in [6.45, 7) is 4.99. The van der Waals surface area contributed by atoms with E-state index in [4.69, 9.17) is 5.73 Å². The monoisotopic (exact) mass is 236 g/mol. The third kappa shape index (κ3) is 2.60. The Labute approximate surface area is 103 Å². The van der Waals surface area contributed by atoms with Gasteiger partial charge in [0.2, 0.25) is 0 Å². The first kappa shape index (κ1) is 12.4. The Kier molecular flexibility index (Phi) is 3.67. The van der Waals surface area contributed by atoms with Crippen LogP contribution in [0, 0.1) is 5.82 Å². The van der Waals surface area contributed by atoms with E-state index in [0.29, 0.717) is 6.04 Å². The summed E-state index contributed by atoms with van der Waals surface area (Å²) in [5.74, 6) is -0.145. The first-order valence-electron chi connectivity index (χ1n) is 6.41. The van der Waals surface area contributed by atoms with Gasteiger partial charge in [-0.1, -0.05) is 6.07 Å². The van der Waals surface area contributed by atoms with Gasteiger partial charge >= 0.3 is 0 Å². The van der Waals surface area contributed by atoms with Gasteiger partial charge in [0, 0.05) is 18.6 Å². The van der Waals surface area contributed by atoms with E-state index in [1.807, 2.05) is 19.1 Å². The zero-order valence-electron chi connectivity index (χ0n) is 10.6. The number of hydrogen-bond donors (Lipinski definition) is 1. The van der Waals surface area contributed by atoms with Gasteiger partial charge in [0.05, 0.1) is 5.69 Å². The van der Waals surface area contributed by atoms with Crippen LogP contribution in [0.25, 0.3) is 0 Å². The highest BCUT2D eigenvalue weighted by Crippen LogP contribution is 2.28. The normalized spacial score (nSPS) is 22.6. The summed E-state index contributed by atoms with van der Waals surface area (Å²) in [7, 11) is 0. The lowest BCUT2D eigenvalue weighted by molar-refractivity contribution is 0.475. The minimum atomic E-state index is -0.145. The molecule has 2 atom stereocenters. The molecule has 17 heavy (non-hydrogen) atoms. The predicted octanol–water partition coefficient (Wildman–Crippen LogP) is 3.22. The quantitative estimate of drug-likeness (QED) is 0.854. The molecule has 1 heterocycles. The molecule has 0 bridgehead atoms. The van der Waals surface area contributed by atoms with Crippen molar-refractivity contribution in [2.24, 2.45) is 5.73 Å². The van der Waals surface area contributed by atoms with Crippen LogP contribution in [0.3, 0.4) is 0 Å². The van der Waals surface area contributed by atoms with Crippen LogP contribution in [0.15, 0.2) is 18.2 Å². The summed E-state index contributed by atoms with van der Waals surface area (Å²) in [5.41, 5.74) is 7.34. The van der Waals surface area contributed by atoms with Crippen molar-refractivity contribution in [2.75, 3.05) is 11.4 Å². The van der Waals surface area contributed by atoms with Crippen molar-refractivity contribution in [3.63, 3.8) is 0 Å². The SMILES string of the molecule is CC1CCCCN1c1ccc([C@H](C)N)cc1F. The number of nitrogens with zero attached hydrogens (tertiary/aromatic N) is 1. The van der Waals surface area contributed by atoms with Crippen LogP contribution < -0.4 is 10.6 Å². The van der Waals surface area contributed by atoms with Crippen molar-refractivity contribution in [2.45, 2.75) is 45.2 Å². The molecule has 3 heteroatoms. The molecule has 0 aliphatic carbocycles. The topological polar surface area (TPSA) is 29.3 Å². The van der Waals surface area contributed by atoms with Gasteiger partial charge in [-0.05, 0) is 50.8 Å². The highest BCUT2D eigenvalue weighted by Gasteiger charge is 2.21. The van der Waals surface area contributed by atoms with E-state index in [1.54, 1.807) is 6.07 Å². The third-order valence-corrected chi connectivity index (χ3v) is 3.61. The molecule has 0 radical (unpaired) electrons. The van der Waals surface area contributed by atoms with Gasteiger partial charge in [0.15, 0.2) is 0 Å². The molecule has 0 amide bonds. The predicted molar refractivity (Wildman–Crippen MR) is 69.7 cm³/mol. The van der Waals surface area contributed by atoms with Gasteiger partial charge in [-0.3, -0.25) is 0 Å². The Bertz CT molecular complexity index is 390. The highest BCUT2D eigenvalue weighted by molar-refractivity contribution is 5.50. The van der Waals surface area contributed by atoms with E-state index >= 15 is 0 Å². The smallest absolute Gasteiger partial charge is 0.146 e. The molecule has 1 fully saturated rings. The number of rotatable bonds is 2. The summed E-state index contributed by atoms with van der Waals surface area (Å²) in [5, 5.41) is 0. The van der Waals surface area contributed by atoms with Crippen molar-refractivity contribution in [1.82, 2.24) is 0 Å². The molecule has 1 aromatic carbocycles. The van der Waals surface area contributed by atoms with Crippen LogP contribution in [-0.4, -0.2) is 12.6 Å². The average molecular weight is 236 g/mol. The standard InChI is InChI=1S/C14H21FN2/c1-10-5-3-4-8-17(10)14-7-6-12(11(2)16)9-13(14)15/h6-7,9-11H,3-5,8,16H2,1-2H3/t10?,11-/m0/s1. The molecule has 94 valence electrons. The number of anilines is 1. The molecule has 1 saturated heterocycles. The Balaban J connectivity index is 2.26. The molecular weight excluding hydrogens is 215 g/mol. The summed E-state index contributed by atoms with van der Waals surface area (Å²) in [6, 6.07) is 5.69. The maximum atomic E-state index is 14.1. The summed E-state index contributed by atoms with van der Waals surface area (Å²) >= 11 is 0. The first-order chi connectivity index (χ1) is 8.09. The minimum Gasteiger partial charge on any atom is -0.366 e. The highest BCUT2D eigenvalue weighted by atomic mass is 19.1. The van der Waals surface area contributed by atoms with Crippen molar-refractivity contribution >= 4 is 5.69 Å². The second kappa shape index (κ2) is 5.05. The lowest BCUT2D eigenvalue weighted by atomic mass is 10.0. The van der Waals surface area contributed by atoms with Crippen molar-refractivity contribution < 1.29 is 4.39 Å². The van der Waals surface area contributed by atoms with E-state index in [-0.39, 0.29) is 11.9 Å².